The van der Waals surface area contributed by atoms with Crippen LogP contribution in [0.4, 0.5) is 0 Å². The normalized spacial score (nSPS) is 12.3. The number of nitrogens with one attached hydrogen (secondary N) is 1. The molecule has 1 nitrogen and oxygen atoms in total. The van der Waals surface area contributed by atoms with Gasteiger partial charge < -0.3 is 5.32 Å². The largest absolute Gasteiger partial charge is 0.306 e. The summed E-state index contributed by atoms with van der Waals surface area (Å²) in [5.74, 6) is 0. The molecule has 0 saturated heterocycles. The van der Waals surface area contributed by atoms with Gasteiger partial charge in [0, 0.05) is 17.1 Å². The highest BCUT2D eigenvalue weighted by atomic mass is 79.9. The Balaban J connectivity index is 2.03. The maximum absolute atomic E-state index is 6.13. The summed E-state index contributed by atoms with van der Waals surface area (Å²) in [5, 5.41) is 4.39. The Hall–Kier alpha value is -0.830. The summed E-state index contributed by atoms with van der Waals surface area (Å²) in [7, 11) is 0. The third kappa shape index (κ3) is 4.34. The second-order valence-electron chi connectivity index (χ2n) is 4.88. The molecule has 2 aromatic carbocycles. The molecule has 1 atom stereocenters. The van der Waals surface area contributed by atoms with Gasteiger partial charge >= 0.3 is 0 Å². The van der Waals surface area contributed by atoms with Crippen LogP contribution in [0.2, 0.25) is 5.02 Å². The molecule has 0 aliphatic heterocycles. The van der Waals surface area contributed by atoms with Gasteiger partial charge in [0.05, 0.1) is 5.02 Å². The first-order valence-electron chi connectivity index (χ1n) is 6.93. The van der Waals surface area contributed by atoms with Crippen LogP contribution < -0.4 is 5.32 Å². The van der Waals surface area contributed by atoms with Crippen molar-refractivity contribution in [3.8, 4) is 0 Å². The van der Waals surface area contributed by atoms with Crippen molar-refractivity contribution >= 4 is 27.5 Å². The number of hydrogen-bond donors (Lipinski definition) is 1. The van der Waals surface area contributed by atoms with Crippen molar-refractivity contribution in [3.05, 3.63) is 69.2 Å². The van der Waals surface area contributed by atoms with E-state index in [2.05, 4.69) is 64.6 Å². The van der Waals surface area contributed by atoms with E-state index >= 15 is 0 Å². The predicted molar refractivity (Wildman–Crippen MR) is 90.1 cm³/mol. The average Bonchev–Trinajstić information content (AvgIpc) is 2.48. The van der Waals surface area contributed by atoms with Gasteiger partial charge in [0.25, 0.3) is 0 Å². The van der Waals surface area contributed by atoms with Gasteiger partial charge in [-0.3, -0.25) is 0 Å². The van der Waals surface area contributed by atoms with E-state index in [1.165, 1.54) is 11.1 Å². The van der Waals surface area contributed by atoms with Crippen LogP contribution in [0, 0.1) is 0 Å². The smallest absolute Gasteiger partial charge is 0.0551 e. The van der Waals surface area contributed by atoms with E-state index < -0.39 is 0 Å². The summed E-state index contributed by atoms with van der Waals surface area (Å²) >= 11 is 9.55. The molecule has 1 N–H and O–H groups in total. The van der Waals surface area contributed by atoms with Gasteiger partial charge in [0.15, 0.2) is 0 Å². The minimum atomic E-state index is 0.392. The Bertz CT molecular complexity index is 542. The quantitative estimate of drug-likeness (QED) is 0.699. The van der Waals surface area contributed by atoms with E-state index in [0.717, 1.165) is 28.9 Å². The molecule has 0 saturated carbocycles. The molecule has 0 heterocycles. The number of rotatable bonds is 6. The first kappa shape index (κ1) is 15.6. The molecule has 0 fully saturated rings. The molecule has 0 bridgehead atoms. The molecule has 0 radical (unpaired) electrons. The highest BCUT2D eigenvalue weighted by Crippen LogP contribution is 2.24. The molecule has 0 spiro atoms. The van der Waals surface area contributed by atoms with E-state index in [4.69, 9.17) is 11.6 Å². The molecule has 106 valence electrons. The van der Waals surface area contributed by atoms with Crippen molar-refractivity contribution in [3.63, 3.8) is 0 Å². The highest BCUT2D eigenvalue weighted by Gasteiger charge is 2.09. The molecule has 0 amide bonds. The summed E-state index contributed by atoms with van der Waals surface area (Å²) < 4.78 is 0.941. The van der Waals surface area contributed by atoms with Crippen LogP contribution in [0.1, 0.15) is 36.9 Å². The Morgan fingerprint density at radius 2 is 1.90 bits per heavy atom. The van der Waals surface area contributed by atoms with Crippen molar-refractivity contribution in [1.29, 1.82) is 0 Å². The van der Waals surface area contributed by atoms with Gasteiger partial charge in [-0.2, -0.15) is 0 Å². The molecule has 3 heteroatoms. The zero-order valence-electron chi connectivity index (χ0n) is 11.6. The van der Waals surface area contributed by atoms with Crippen molar-refractivity contribution in [1.82, 2.24) is 5.32 Å². The monoisotopic (exact) mass is 351 g/mol. The molecule has 2 rings (SSSR count). The fourth-order valence-corrected chi connectivity index (χ4v) is 2.70. The molecule has 0 aliphatic carbocycles. The maximum atomic E-state index is 6.13. The Kier molecular flexibility index (Phi) is 6.08. The topological polar surface area (TPSA) is 12.0 Å². The van der Waals surface area contributed by atoms with E-state index in [0.29, 0.717) is 6.04 Å². The van der Waals surface area contributed by atoms with Gasteiger partial charge in [-0.1, -0.05) is 61.3 Å². The van der Waals surface area contributed by atoms with Crippen molar-refractivity contribution in [2.24, 2.45) is 0 Å². The lowest BCUT2D eigenvalue weighted by molar-refractivity contribution is 0.493. The summed E-state index contributed by atoms with van der Waals surface area (Å²) in [5.41, 5.74) is 2.55. The Morgan fingerprint density at radius 3 is 2.55 bits per heavy atom. The first-order valence-corrected chi connectivity index (χ1v) is 8.10. The molecular weight excluding hydrogens is 334 g/mol. The third-order valence-electron chi connectivity index (χ3n) is 3.32. The van der Waals surface area contributed by atoms with Crippen LogP contribution in [-0.4, -0.2) is 0 Å². The van der Waals surface area contributed by atoms with Gasteiger partial charge in [-0.05, 0) is 45.6 Å². The summed E-state index contributed by atoms with van der Waals surface area (Å²) in [4.78, 5) is 0. The molecule has 20 heavy (non-hydrogen) atoms. The van der Waals surface area contributed by atoms with Gasteiger partial charge in [-0.25, -0.2) is 0 Å². The molecule has 2 aromatic rings. The van der Waals surface area contributed by atoms with Crippen molar-refractivity contribution in [2.45, 2.75) is 32.4 Å². The average molecular weight is 353 g/mol. The Morgan fingerprint density at radius 1 is 1.15 bits per heavy atom. The minimum absolute atomic E-state index is 0.392. The molecule has 1 unspecified atom stereocenters. The zero-order valence-corrected chi connectivity index (χ0v) is 13.9. The van der Waals surface area contributed by atoms with Crippen molar-refractivity contribution in [2.75, 3.05) is 0 Å². The fourth-order valence-electron chi connectivity index (χ4n) is 2.25. The second-order valence-corrected chi connectivity index (χ2v) is 6.14. The predicted octanol–water partition coefficient (Wildman–Crippen LogP) is 5.73. The van der Waals surface area contributed by atoms with Crippen LogP contribution in [0.15, 0.2) is 53.0 Å². The number of benzene rings is 2. The zero-order chi connectivity index (χ0) is 14.4. The lowest BCUT2D eigenvalue weighted by atomic mass is 10.0. The minimum Gasteiger partial charge on any atom is -0.306 e. The van der Waals surface area contributed by atoms with Crippen LogP contribution in [-0.2, 0) is 6.54 Å². The summed E-state index contributed by atoms with van der Waals surface area (Å²) in [6.45, 7) is 3.04. The van der Waals surface area contributed by atoms with E-state index in [1.54, 1.807) is 0 Å². The van der Waals surface area contributed by atoms with E-state index in [9.17, 15) is 0 Å². The summed E-state index contributed by atoms with van der Waals surface area (Å²) in [6, 6.07) is 17.1. The number of hydrogen-bond acceptors (Lipinski definition) is 1. The lowest BCUT2D eigenvalue weighted by Gasteiger charge is -2.19. The highest BCUT2D eigenvalue weighted by molar-refractivity contribution is 9.10. The van der Waals surface area contributed by atoms with E-state index in [1.807, 2.05) is 12.1 Å². The van der Waals surface area contributed by atoms with Gasteiger partial charge in [0.2, 0.25) is 0 Å². The lowest BCUT2D eigenvalue weighted by Crippen LogP contribution is -2.20. The maximum Gasteiger partial charge on any atom is 0.0551 e. The standard InChI is InChI=1S/C17H19BrClN/c1-2-6-17(14-7-4-3-5-8-14)20-12-13-9-10-15(18)16(19)11-13/h3-5,7-11,17,20H,2,6,12H2,1H3. The van der Waals surface area contributed by atoms with Crippen molar-refractivity contribution < 1.29 is 0 Å². The first-order chi connectivity index (χ1) is 9.70. The summed E-state index contributed by atoms with van der Waals surface area (Å²) in [6.07, 6.45) is 2.29. The fraction of sp³-hybridized carbons (Fsp3) is 0.294. The SMILES string of the molecule is CCCC(NCc1ccc(Br)c(Cl)c1)c1ccccc1. The van der Waals surface area contributed by atoms with Crippen LogP contribution in [0.3, 0.4) is 0 Å². The Labute approximate surface area is 134 Å². The van der Waals surface area contributed by atoms with E-state index in [-0.39, 0.29) is 0 Å². The number of halogens is 2. The molecular formula is C17H19BrClN. The van der Waals surface area contributed by atoms with Gasteiger partial charge in [0.1, 0.15) is 0 Å². The van der Waals surface area contributed by atoms with Crippen LogP contribution >= 0.6 is 27.5 Å². The van der Waals surface area contributed by atoms with Crippen LogP contribution in [0.5, 0.6) is 0 Å². The van der Waals surface area contributed by atoms with Crippen LogP contribution in [0.25, 0.3) is 0 Å². The molecule has 0 aromatic heterocycles. The van der Waals surface area contributed by atoms with Gasteiger partial charge in [-0.15, -0.1) is 0 Å². The second kappa shape index (κ2) is 7.82. The molecule has 0 aliphatic rings. The third-order valence-corrected chi connectivity index (χ3v) is 4.55.